The lowest BCUT2D eigenvalue weighted by molar-refractivity contribution is 0.415. The molecule has 0 atom stereocenters. The summed E-state index contributed by atoms with van der Waals surface area (Å²) in [5.41, 5.74) is 6.56. The second-order valence-electron chi connectivity index (χ2n) is 5.63. The molecule has 0 aliphatic rings. The molecular formula is C18H17N5O4. The Morgan fingerprint density at radius 2 is 2.07 bits per heavy atom. The van der Waals surface area contributed by atoms with Gasteiger partial charge in [-0.05, 0) is 32.0 Å². The van der Waals surface area contributed by atoms with Gasteiger partial charge in [-0.1, -0.05) is 0 Å². The van der Waals surface area contributed by atoms with E-state index in [4.69, 9.17) is 14.9 Å². The molecular weight excluding hydrogens is 350 g/mol. The van der Waals surface area contributed by atoms with Gasteiger partial charge in [0.05, 0.1) is 30.3 Å². The van der Waals surface area contributed by atoms with E-state index in [1.54, 1.807) is 19.2 Å². The molecule has 0 saturated heterocycles. The quantitative estimate of drug-likeness (QED) is 0.534. The topological polar surface area (TPSA) is 136 Å². The van der Waals surface area contributed by atoms with Crippen molar-refractivity contribution in [3.8, 4) is 11.5 Å². The van der Waals surface area contributed by atoms with Gasteiger partial charge in [0, 0.05) is 11.5 Å². The number of aryl methyl sites for hydroxylation is 1. The molecule has 0 aliphatic carbocycles. The number of nitrogens with zero attached hydrogens (tertiary/aromatic N) is 4. The first-order valence-corrected chi connectivity index (χ1v) is 7.92. The molecule has 2 heterocycles. The number of guanidine groups is 1. The number of fused-ring (bicyclic) bond motifs is 1. The number of ether oxygens (including phenoxy) is 1. The van der Waals surface area contributed by atoms with Crippen LogP contribution in [0.4, 0.5) is 5.95 Å². The molecule has 9 nitrogen and oxygen atoms in total. The van der Waals surface area contributed by atoms with Crippen LogP contribution < -0.4 is 16.1 Å². The molecule has 0 unspecified atom stereocenters. The van der Waals surface area contributed by atoms with Gasteiger partial charge in [0.2, 0.25) is 5.96 Å². The van der Waals surface area contributed by atoms with Crippen LogP contribution in [0.1, 0.15) is 18.2 Å². The molecule has 0 saturated carbocycles. The summed E-state index contributed by atoms with van der Waals surface area (Å²) in [4.78, 5) is 28.5. The summed E-state index contributed by atoms with van der Waals surface area (Å²) in [7, 11) is 1.59. The highest BCUT2D eigenvalue weighted by Gasteiger charge is 2.12. The van der Waals surface area contributed by atoms with Crippen LogP contribution in [-0.2, 0) is 0 Å². The molecule has 0 radical (unpaired) electrons. The Balaban J connectivity index is 1.99. The number of methoxy groups -OCH3 is 1. The number of hydrogen-bond acceptors (Lipinski definition) is 7. The molecule has 0 spiro atoms. The number of aliphatic imine (C=N–C) groups is 2. The molecule has 2 aromatic heterocycles. The molecule has 0 bridgehead atoms. The number of aromatic hydroxyl groups is 1. The van der Waals surface area contributed by atoms with E-state index < -0.39 is 5.63 Å². The Kier molecular flexibility index (Phi) is 4.84. The van der Waals surface area contributed by atoms with Crippen molar-refractivity contribution in [2.75, 3.05) is 7.11 Å². The average molecular weight is 367 g/mol. The van der Waals surface area contributed by atoms with Crippen LogP contribution in [0.15, 0.2) is 49.7 Å². The van der Waals surface area contributed by atoms with Crippen LogP contribution in [0.2, 0.25) is 0 Å². The molecule has 1 aromatic carbocycles. The fourth-order valence-electron chi connectivity index (χ4n) is 2.52. The van der Waals surface area contributed by atoms with Gasteiger partial charge in [0.15, 0.2) is 0 Å². The highest BCUT2D eigenvalue weighted by atomic mass is 16.5. The fraction of sp³-hybridized carbons (Fsp3) is 0.167. The number of rotatable bonds is 3. The molecule has 9 heteroatoms. The monoisotopic (exact) mass is 367 g/mol. The van der Waals surface area contributed by atoms with Crippen molar-refractivity contribution in [3.05, 3.63) is 52.2 Å². The smallest absolute Gasteiger partial charge is 0.348 e. The third-order valence-corrected chi connectivity index (χ3v) is 3.80. The zero-order valence-corrected chi connectivity index (χ0v) is 14.9. The lowest BCUT2D eigenvalue weighted by Crippen LogP contribution is -2.16. The maximum atomic E-state index is 11.7. The molecule has 3 N–H and O–H groups in total. The predicted molar refractivity (Wildman–Crippen MR) is 101 cm³/mol. The highest BCUT2D eigenvalue weighted by Crippen LogP contribution is 2.23. The average Bonchev–Trinajstić information content (AvgIpc) is 2.61. The summed E-state index contributed by atoms with van der Waals surface area (Å²) >= 11 is 0. The third-order valence-electron chi connectivity index (χ3n) is 3.80. The summed E-state index contributed by atoms with van der Waals surface area (Å²) in [6.07, 6.45) is 1.09. The third kappa shape index (κ3) is 3.76. The normalized spacial score (nSPS) is 12.4. The van der Waals surface area contributed by atoms with Crippen molar-refractivity contribution in [2.24, 2.45) is 15.7 Å². The summed E-state index contributed by atoms with van der Waals surface area (Å²) in [5, 5.41) is 10.6. The van der Waals surface area contributed by atoms with E-state index in [0.717, 1.165) is 11.6 Å². The first-order chi connectivity index (χ1) is 12.9. The van der Waals surface area contributed by atoms with Crippen LogP contribution in [0.5, 0.6) is 11.5 Å². The molecule has 0 fully saturated rings. The second-order valence-corrected chi connectivity index (χ2v) is 5.63. The van der Waals surface area contributed by atoms with Crippen molar-refractivity contribution in [3.63, 3.8) is 0 Å². The van der Waals surface area contributed by atoms with Crippen LogP contribution in [0.3, 0.4) is 0 Å². The summed E-state index contributed by atoms with van der Waals surface area (Å²) in [5.74, 6) is 0.407. The van der Waals surface area contributed by atoms with E-state index in [2.05, 4.69) is 20.0 Å². The van der Waals surface area contributed by atoms with Crippen molar-refractivity contribution in [1.29, 1.82) is 0 Å². The van der Waals surface area contributed by atoms with Crippen LogP contribution in [0, 0.1) is 6.92 Å². The van der Waals surface area contributed by atoms with Gasteiger partial charge in [-0.15, -0.1) is 0 Å². The van der Waals surface area contributed by atoms with Gasteiger partial charge in [0.1, 0.15) is 17.1 Å². The maximum absolute atomic E-state index is 11.7. The van der Waals surface area contributed by atoms with Crippen LogP contribution in [0.25, 0.3) is 10.9 Å². The van der Waals surface area contributed by atoms with E-state index in [0.29, 0.717) is 17.0 Å². The molecule has 138 valence electrons. The maximum Gasteiger partial charge on any atom is 0.348 e. The van der Waals surface area contributed by atoms with Crippen molar-refractivity contribution in [1.82, 2.24) is 9.97 Å². The van der Waals surface area contributed by atoms with Crippen molar-refractivity contribution in [2.45, 2.75) is 13.8 Å². The largest absolute Gasteiger partial charge is 0.507 e. The highest BCUT2D eigenvalue weighted by molar-refractivity contribution is 6.06. The minimum Gasteiger partial charge on any atom is -0.507 e. The number of nitrogens with two attached hydrogens (primary N) is 1. The van der Waals surface area contributed by atoms with Crippen LogP contribution >= 0.6 is 0 Å². The zero-order chi connectivity index (χ0) is 19.6. The van der Waals surface area contributed by atoms with E-state index in [-0.39, 0.29) is 28.9 Å². The Morgan fingerprint density at radius 1 is 1.30 bits per heavy atom. The first kappa shape index (κ1) is 18.1. The lowest BCUT2D eigenvalue weighted by Gasteiger charge is -2.05. The second kappa shape index (κ2) is 7.24. The summed E-state index contributed by atoms with van der Waals surface area (Å²) < 4.78 is 9.93. The molecule has 3 rings (SSSR count). The van der Waals surface area contributed by atoms with Gasteiger partial charge in [-0.25, -0.2) is 19.8 Å². The summed E-state index contributed by atoms with van der Waals surface area (Å²) in [6.45, 7) is 3.33. The number of aromatic nitrogens is 2. The fourth-order valence-corrected chi connectivity index (χ4v) is 2.52. The van der Waals surface area contributed by atoms with Crippen molar-refractivity contribution >= 4 is 28.5 Å². The zero-order valence-electron chi connectivity index (χ0n) is 14.9. The minimum atomic E-state index is -0.726. The van der Waals surface area contributed by atoms with E-state index in [1.165, 1.54) is 13.0 Å². The minimum absolute atomic E-state index is 0.0849. The van der Waals surface area contributed by atoms with Crippen LogP contribution in [-0.4, -0.2) is 33.9 Å². The van der Waals surface area contributed by atoms with E-state index in [1.807, 2.05) is 13.0 Å². The standard InChI is InChI=1S/C18H17N5O4/c1-9-12-8-11(26-3)4-5-13(12)22-18(21-9)23-17(19)20-10(2)15-14(24)6-7-27-16(15)25/h4-8,24H,1-3H3,(H2,19,21,22,23)/b20-10+. The Hall–Kier alpha value is -3.75. The van der Waals surface area contributed by atoms with Gasteiger partial charge in [-0.2, -0.15) is 4.99 Å². The van der Waals surface area contributed by atoms with Gasteiger partial charge in [0.25, 0.3) is 5.95 Å². The van der Waals surface area contributed by atoms with E-state index >= 15 is 0 Å². The molecule has 0 amide bonds. The molecule has 0 aliphatic heterocycles. The Morgan fingerprint density at radius 3 is 2.78 bits per heavy atom. The molecule has 27 heavy (non-hydrogen) atoms. The predicted octanol–water partition coefficient (Wildman–Crippen LogP) is 2.06. The lowest BCUT2D eigenvalue weighted by atomic mass is 10.2. The number of hydrogen-bond donors (Lipinski definition) is 2. The first-order valence-electron chi connectivity index (χ1n) is 7.92. The Labute approximate surface area is 153 Å². The van der Waals surface area contributed by atoms with Gasteiger partial charge in [-0.3, -0.25) is 0 Å². The Bertz CT molecular complexity index is 1130. The SMILES string of the molecule is COc1ccc2nc(/N=C(N)/N=C(\C)c3c(O)ccoc3=O)nc(C)c2c1. The molecule has 3 aromatic rings. The summed E-state index contributed by atoms with van der Waals surface area (Å²) in [6, 6.07) is 6.65. The van der Waals surface area contributed by atoms with E-state index in [9.17, 15) is 9.90 Å². The van der Waals surface area contributed by atoms with Gasteiger partial charge < -0.3 is 20.0 Å². The van der Waals surface area contributed by atoms with Gasteiger partial charge >= 0.3 is 5.63 Å². The number of benzene rings is 1. The van der Waals surface area contributed by atoms with Crippen molar-refractivity contribution < 1.29 is 14.3 Å².